The van der Waals surface area contributed by atoms with E-state index in [4.69, 9.17) is 0 Å². The number of aromatic nitrogens is 7. The fraction of sp³-hybridized carbons (Fsp3) is 0.167. The highest BCUT2D eigenvalue weighted by Gasteiger charge is 2.21. The van der Waals surface area contributed by atoms with Gasteiger partial charge in [-0.2, -0.15) is 0 Å². The molecule has 3 heterocycles. The highest BCUT2D eigenvalue weighted by Crippen LogP contribution is 2.22. The number of aromatic carboxylic acids is 1. The zero-order chi connectivity index (χ0) is 14.8. The minimum Gasteiger partial charge on any atom is -0.476 e. The second kappa shape index (κ2) is 5.12. The van der Waals surface area contributed by atoms with Gasteiger partial charge in [0.25, 0.3) is 0 Å². The van der Waals surface area contributed by atoms with Gasteiger partial charge in [0.1, 0.15) is 11.4 Å². The maximum Gasteiger partial charge on any atom is 0.358 e. The van der Waals surface area contributed by atoms with E-state index in [1.807, 2.05) is 0 Å². The number of carboxylic acid groups (broad SMARTS) is 1. The zero-order valence-corrected chi connectivity index (χ0v) is 11.1. The number of carboxylic acids is 1. The summed E-state index contributed by atoms with van der Waals surface area (Å²) in [6.07, 6.45) is 4.90. The molecule has 0 atom stereocenters. The van der Waals surface area contributed by atoms with Crippen molar-refractivity contribution in [2.75, 3.05) is 0 Å². The number of aryl methyl sites for hydroxylation is 1. The molecular weight excluding hydrogens is 274 g/mol. The van der Waals surface area contributed by atoms with Crippen LogP contribution in [0, 0.1) is 0 Å². The molecule has 3 aromatic rings. The molecule has 1 N–H and O–H groups in total. The average molecular weight is 285 g/mol. The first-order valence-electron chi connectivity index (χ1n) is 6.07. The topological polar surface area (TPSA) is 112 Å². The van der Waals surface area contributed by atoms with Crippen molar-refractivity contribution < 1.29 is 9.90 Å². The van der Waals surface area contributed by atoms with Crippen LogP contribution in [0.5, 0.6) is 0 Å². The number of hydrogen-bond acceptors (Lipinski definition) is 6. The minimum absolute atomic E-state index is 0.106. The molecule has 0 aromatic carbocycles. The van der Waals surface area contributed by atoms with Crippen molar-refractivity contribution in [2.45, 2.75) is 6.54 Å². The van der Waals surface area contributed by atoms with Gasteiger partial charge in [0.2, 0.25) is 0 Å². The first-order valence-corrected chi connectivity index (χ1v) is 6.07. The highest BCUT2D eigenvalue weighted by molar-refractivity contribution is 5.92. The van der Waals surface area contributed by atoms with Crippen molar-refractivity contribution in [2.24, 2.45) is 7.05 Å². The molecule has 0 saturated heterocycles. The fourth-order valence-electron chi connectivity index (χ4n) is 1.98. The Hall–Kier alpha value is -3.10. The van der Waals surface area contributed by atoms with Gasteiger partial charge < -0.3 is 5.11 Å². The second-order valence-electron chi connectivity index (χ2n) is 4.37. The van der Waals surface area contributed by atoms with Gasteiger partial charge in [-0.25, -0.2) is 9.48 Å². The van der Waals surface area contributed by atoms with E-state index in [1.54, 1.807) is 42.5 Å². The Bertz CT molecular complexity index is 778. The van der Waals surface area contributed by atoms with E-state index in [1.165, 1.54) is 4.68 Å². The molecule has 0 saturated carbocycles. The lowest BCUT2D eigenvalue weighted by atomic mass is 10.1. The summed E-state index contributed by atoms with van der Waals surface area (Å²) in [6.45, 7) is 0.284. The third-order valence-electron chi connectivity index (χ3n) is 2.85. The van der Waals surface area contributed by atoms with Crippen molar-refractivity contribution in [3.05, 3.63) is 42.1 Å². The van der Waals surface area contributed by atoms with Crippen LogP contribution in [-0.4, -0.2) is 46.0 Å². The fourth-order valence-corrected chi connectivity index (χ4v) is 1.98. The Labute approximate surface area is 118 Å². The van der Waals surface area contributed by atoms with Crippen molar-refractivity contribution in [3.63, 3.8) is 0 Å². The summed E-state index contributed by atoms with van der Waals surface area (Å²) >= 11 is 0. The van der Waals surface area contributed by atoms with E-state index in [0.29, 0.717) is 17.0 Å². The molecule has 0 bridgehead atoms. The first kappa shape index (κ1) is 12.9. The molecule has 21 heavy (non-hydrogen) atoms. The number of rotatable bonds is 4. The molecule has 0 aliphatic rings. The summed E-state index contributed by atoms with van der Waals surface area (Å²) in [5, 5.41) is 24.7. The number of pyridine rings is 1. The predicted molar refractivity (Wildman–Crippen MR) is 70.3 cm³/mol. The summed E-state index contributed by atoms with van der Waals surface area (Å²) in [5.41, 5.74) is 1.64. The van der Waals surface area contributed by atoms with Crippen LogP contribution in [0.3, 0.4) is 0 Å². The molecule has 0 fully saturated rings. The molecule has 3 aromatic heterocycles. The molecule has 0 aliphatic carbocycles. The van der Waals surface area contributed by atoms with E-state index < -0.39 is 5.97 Å². The van der Waals surface area contributed by atoms with Crippen molar-refractivity contribution in [1.29, 1.82) is 0 Å². The van der Waals surface area contributed by atoms with Crippen LogP contribution >= 0.6 is 0 Å². The van der Waals surface area contributed by atoms with E-state index in [-0.39, 0.29) is 12.2 Å². The first-order chi connectivity index (χ1) is 10.1. The number of nitrogens with zero attached hydrogens (tertiary/aromatic N) is 7. The molecule has 0 aliphatic heterocycles. The Balaban J connectivity index is 2.07. The SMILES string of the molecule is Cn1cc(Cn2nnc(C(=O)O)c2-c2ccncc2)nn1. The molecule has 3 rings (SSSR count). The van der Waals surface area contributed by atoms with Gasteiger partial charge in [0.15, 0.2) is 5.69 Å². The summed E-state index contributed by atoms with van der Waals surface area (Å²) in [4.78, 5) is 15.2. The lowest BCUT2D eigenvalue weighted by molar-refractivity contribution is 0.0691. The smallest absolute Gasteiger partial charge is 0.358 e. The summed E-state index contributed by atoms with van der Waals surface area (Å²) in [6, 6.07) is 3.41. The monoisotopic (exact) mass is 285 g/mol. The van der Waals surface area contributed by atoms with Crippen LogP contribution in [0.25, 0.3) is 11.3 Å². The largest absolute Gasteiger partial charge is 0.476 e. The molecule has 106 valence electrons. The lowest BCUT2D eigenvalue weighted by Gasteiger charge is -2.05. The van der Waals surface area contributed by atoms with Crippen LogP contribution < -0.4 is 0 Å². The molecule has 0 radical (unpaired) electrons. The van der Waals surface area contributed by atoms with E-state index >= 15 is 0 Å². The quantitative estimate of drug-likeness (QED) is 0.729. The van der Waals surface area contributed by atoms with Crippen LogP contribution in [0.1, 0.15) is 16.2 Å². The Morgan fingerprint density at radius 3 is 2.62 bits per heavy atom. The van der Waals surface area contributed by atoms with Crippen molar-refractivity contribution in [1.82, 2.24) is 35.0 Å². The number of carbonyl (C=O) groups is 1. The Kier molecular flexibility index (Phi) is 3.14. The molecule has 0 unspecified atom stereocenters. The average Bonchev–Trinajstić information content (AvgIpc) is 3.07. The zero-order valence-electron chi connectivity index (χ0n) is 11.1. The molecule has 9 heteroatoms. The van der Waals surface area contributed by atoms with Crippen molar-refractivity contribution >= 4 is 5.97 Å². The highest BCUT2D eigenvalue weighted by atomic mass is 16.4. The van der Waals surface area contributed by atoms with Gasteiger partial charge in [0, 0.05) is 25.0 Å². The van der Waals surface area contributed by atoms with Gasteiger partial charge in [-0.1, -0.05) is 10.4 Å². The minimum atomic E-state index is -1.13. The van der Waals surface area contributed by atoms with Gasteiger partial charge in [-0.05, 0) is 12.1 Å². The Morgan fingerprint density at radius 2 is 2.00 bits per heavy atom. The standard InChI is InChI=1S/C12H11N7O2/c1-18-6-9(14-16-18)7-19-11(8-2-4-13-5-3-8)10(12(20)21)15-17-19/h2-6H,7H2,1H3,(H,20,21). The Morgan fingerprint density at radius 1 is 1.24 bits per heavy atom. The van der Waals surface area contributed by atoms with Gasteiger partial charge in [0.05, 0.1) is 12.7 Å². The lowest BCUT2D eigenvalue weighted by Crippen LogP contribution is -2.06. The summed E-state index contributed by atoms with van der Waals surface area (Å²) in [5.74, 6) is -1.13. The normalized spacial score (nSPS) is 10.7. The molecule has 0 spiro atoms. The van der Waals surface area contributed by atoms with Crippen LogP contribution in [-0.2, 0) is 13.6 Å². The third-order valence-corrected chi connectivity index (χ3v) is 2.85. The maximum atomic E-state index is 11.3. The molecule has 9 nitrogen and oxygen atoms in total. The predicted octanol–water partition coefficient (Wildman–Crippen LogP) is 0.215. The van der Waals surface area contributed by atoms with E-state index in [0.717, 1.165) is 0 Å². The summed E-state index contributed by atoms with van der Waals surface area (Å²) in [7, 11) is 1.75. The van der Waals surface area contributed by atoms with Crippen molar-refractivity contribution in [3.8, 4) is 11.3 Å². The number of hydrogen-bond donors (Lipinski definition) is 1. The van der Waals surface area contributed by atoms with E-state index in [9.17, 15) is 9.90 Å². The molecule has 0 amide bonds. The molecular formula is C12H11N7O2. The maximum absolute atomic E-state index is 11.3. The van der Waals surface area contributed by atoms with Crippen LogP contribution in [0.15, 0.2) is 30.7 Å². The summed E-state index contributed by atoms with van der Waals surface area (Å²) < 4.78 is 3.05. The van der Waals surface area contributed by atoms with Gasteiger partial charge >= 0.3 is 5.97 Å². The van der Waals surface area contributed by atoms with E-state index in [2.05, 4.69) is 25.6 Å². The van der Waals surface area contributed by atoms with Gasteiger partial charge in [-0.15, -0.1) is 10.2 Å². The van der Waals surface area contributed by atoms with Gasteiger partial charge in [-0.3, -0.25) is 9.67 Å². The van der Waals surface area contributed by atoms with Crippen LogP contribution in [0.2, 0.25) is 0 Å². The third kappa shape index (κ3) is 2.48. The second-order valence-corrected chi connectivity index (χ2v) is 4.37. The van der Waals surface area contributed by atoms with Crippen LogP contribution in [0.4, 0.5) is 0 Å².